The highest BCUT2D eigenvalue weighted by Gasteiger charge is 2.32. The molecule has 4 heteroatoms. The van der Waals surface area contributed by atoms with Gasteiger partial charge in [-0.3, -0.25) is 0 Å². The molecular formula is C25H54O3P+. The zero-order chi connectivity index (χ0) is 21.5. The molecular weight excluding hydrogens is 379 g/mol. The number of unbranched alkanes of at least 4 members (excludes halogenated alkanes) is 18. The molecule has 1 N–H and O–H groups in total. The summed E-state index contributed by atoms with van der Waals surface area (Å²) in [6.45, 7) is 7.54. The molecule has 0 aliphatic carbocycles. The molecule has 0 aromatic heterocycles. The average molecular weight is 434 g/mol. The smallest absolute Gasteiger partial charge is 0.193 e. The maximum Gasteiger partial charge on any atom is 0.405 e. The molecule has 0 aliphatic rings. The van der Waals surface area contributed by atoms with Gasteiger partial charge < -0.3 is 0 Å². The van der Waals surface area contributed by atoms with Gasteiger partial charge in [0.15, 0.2) is 0 Å². The Morgan fingerprint density at radius 2 is 0.690 bits per heavy atom. The van der Waals surface area contributed by atoms with Crippen LogP contribution in [-0.2, 0) is 9.05 Å². The molecule has 0 rings (SSSR count). The Hall–Kier alpha value is 0.310. The molecule has 0 amide bonds. The van der Waals surface area contributed by atoms with E-state index in [1.165, 1.54) is 116 Å². The van der Waals surface area contributed by atoms with E-state index in [0.717, 1.165) is 12.8 Å². The molecule has 176 valence electrons. The van der Waals surface area contributed by atoms with Crippen molar-refractivity contribution in [2.24, 2.45) is 0 Å². The lowest BCUT2D eigenvalue weighted by molar-refractivity contribution is 0.175. The van der Waals surface area contributed by atoms with Crippen LogP contribution in [0.4, 0.5) is 0 Å². The van der Waals surface area contributed by atoms with Crippen molar-refractivity contribution in [2.45, 2.75) is 142 Å². The fourth-order valence-electron chi connectivity index (χ4n) is 3.68. The first kappa shape index (κ1) is 29.3. The second kappa shape index (κ2) is 23.0. The van der Waals surface area contributed by atoms with Gasteiger partial charge in [0.1, 0.15) is 6.66 Å². The first-order valence-corrected chi connectivity index (χ1v) is 15.0. The van der Waals surface area contributed by atoms with E-state index in [4.69, 9.17) is 9.05 Å². The number of hydrogen-bond acceptors (Lipinski definition) is 3. The highest BCUT2D eigenvalue weighted by atomic mass is 31.2. The largest absolute Gasteiger partial charge is 0.405 e. The van der Waals surface area contributed by atoms with Gasteiger partial charge in [-0.05, 0) is 12.8 Å². The van der Waals surface area contributed by atoms with Gasteiger partial charge in [-0.25, -0.2) is 0 Å². The summed E-state index contributed by atoms with van der Waals surface area (Å²) in [5.41, 5.74) is 0. The Morgan fingerprint density at radius 1 is 0.448 bits per heavy atom. The third kappa shape index (κ3) is 24.5. The van der Waals surface area contributed by atoms with Crippen LogP contribution in [0.3, 0.4) is 0 Å². The van der Waals surface area contributed by atoms with Crippen molar-refractivity contribution in [3.63, 3.8) is 0 Å². The van der Waals surface area contributed by atoms with Gasteiger partial charge in [-0.2, -0.15) is 13.9 Å². The van der Waals surface area contributed by atoms with Gasteiger partial charge >= 0.3 is 7.94 Å². The SMILES string of the molecule is CCCCCCCCCCCCO[P+](C)(O)OCCCCCCCCCCCC. The summed E-state index contributed by atoms with van der Waals surface area (Å²) >= 11 is 0. The normalized spacial score (nSPS) is 12.0. The third-order valence-electron chi connectivity index (χ3n) is 5.66. The lowest BCUT2D eigenvalue weighted by Gasteiger charge is -2.13. The molecule has 3 nitrogen and oxygen atoms in total. The molecule has 29 heavy (non-hydrogen) atoms. The van der Waals surface area contributed by atoms with Crippen LogP contribution in [0.1, 0.15) is 142 Å². The van der Waals surface area contributed by atoms with Gasteiger partial charge in [0.05, 0.1) is 13.2 Å². The topological polar surface area (TPSA) is 38.7 Å². The molecule has 0 aromatic rings. The zero-order valence-corrected chi connectivity index (χ0v) is 21.2. The Bertz CT molecular complexity index is 282. The fraction of sp³-hybridized carbons (Fsp3) is 1.00. The lowest BCUT2D eigenvalue weighted by Crippen LogP contribution is -2.04. The Morgan fingerprint density at radius 3 is 0.966 bits per heavy atom. The molecule has 0 unspecified atom stereocenters. The van der Waals surface area contributed by atoms with Crippen LogP contribution >= 0.6 is 7.94 Å². The van der Waals surface area contributed by atoms with E-state index in [1.807, 2.05) is 0 Å². The standard InChI is InChI=1S/C25H54O3P/c1-4-6-8-10-12-14-16-18-20-22-24-27-29(3,26)28-25-23-21-19-17-15-13-11-9-7-5-2/h26H,4-25H2,1-3H3/q+1. The van der Waals surface area contributed by atoms with Crippen molar-refractivity contribution in [3.05, 3.63) is 0 Å². The second-order valence-electron chi connectivity index (χ2n) is 8.83. The van der Waals surface area contributed by atoms with Gasteiger partial charge in [0.2, 0.25) is 0 Å². The summed E-state index contributed by atoms with van der Waals surface area (Å²) in [7, 11) is -2.60. The molecule has 0 spiro atoms. The van der Waals surface area contributed by atoms with Gasteiger partial charge in [-0.15, -0.1) is 0 Å². The van der Waals surface area contributed by atoms with Crippen LogP contribution in [0.25, 0.3) is 0 Å². The van der Waals surface area contributed by atoms with E-state index >= 15 is 0 Å². The highest BCUT2D eigenvalue weighted by molar-refractivity contribution is 7.59. The average Bonchev–Trinajstić information content (AvgIpc) is 2.70. The fourth-order valence-corrected chi connectivity index (χ4v) is 4.69. The van der Waals surface area contributed by atoms with E-state index in [-0.39, 0.29) is 0 Å². The van der Waals surface area contributed by atoms with Crippen LogP contribution in [-0.4, -0.2) is 24.8 Å². The molecule has 0 heterocycles. The molecule has 0 atom stereocenters. The summed E-state index contributed by atoms with van der Waals surface area (Å²) in [5.74, 6) is 0. The van der Waals surface area contributed by atoms with Crippen LogP contribution in [0.15, 0.2) is 0 Å². The molecule has 0 aliphatic heterocycles. The minimum atomic E-state index is -2.60. The summed E-state index contributed by atoms with van der Waals surface area (Å²) in [6.07, 6.45) is 26.3. The van der Waals surface area contributed by atoms with E-state index < -0.39 is 7.94 Å². The van der Waals surface area contributed by atoms with Crippen molar-refractivity contribution in [2.75, 3.05) is 19.9 Å². The lowest BCUT2D eigenvalue weighted by atomic mass is 10.1. The molecule has 0 bridgehead atoms. The van der Waals surface area contributed by atoms with Crippen LogP contribution in [0, 0.1) is 0 Å². The molecule has 0 fully saturated rings. The minimum absolute atomic E-state index is 0.634. The van der Waals surface area contributed by atoms with Gasteiger partial charge in [-0.1, -0.05) is 129 Å². The summed E-state index contributed by atoms with van der Waals surface area (Å²) in [6, 6.07) is 0. The Balaban J connectivity index is 3.30. The van der Waals surface area contributed by atoms with Gasteiger partial charge in [0, 0.05) is 0 Å². The third-order valence-corrected chi connectivity index (χ3v) is 6.98. The quantitative estimate of drug-likeness (QED) is 0.122. The predicted octanol–water partition coefficient (Wildman–Crippen LogP) is 9.25. The monoisotopic (exact) mass is 433 g/mol. The van der Waals surface area contributed by atoms with Gasteiger partial charge in [0.25, 0.3) is 0 Å². The molecule has 0 radical (unpaired) electrons. The first-order valence-electron chi connectivity index (χ1n) is 13.0. The van der Waals surface area contributed by atoms with Crippen LogP contribution in [0.5, 0.6) is 0 Å². The number of rotatable bonds is 24. The van der Waals surface area contributed by atoms with Crippen molar-refractivity contribution in [3.8, 4) is 0 Å². The van der Waals surface area contributed by atoms with Crippen LogP contribution in [0.2, 0.25) is 0 Å². The summed E-state index contributed by atoms with van der Waals surface area (Å²) in [5, 5.41) is 0. The Labute approximate surface area is 184 Å². The number of hydrogen-bond donors (Lipinski definition) is 1. The highest BCUT2D eigenvalue weighted by Crippen LogP contribution is 2.53. The van der Waals surface area contributed by atoms with Crippen LogP contribution < -0.4 is 0 Å². The predicted molar refractivity (Wildman–Crippen MR) is 131 cm³/mol. The zero-order valence-electron chi connectivity index (χ0n) is 20.3. The molecule has 0 saturated heterocycles. The van der Waals surface area contributed by atoms with Crippen molar-refractivity contribution >= 4 is 7.94 Å². The second-order valence-corrected chi connectivity index (χ2v) is 11.0. The van der Waals surface area contributed by atoms with Crippen molar-refractivity contribution in [1.29, 1.82) is 0 Å². The summed E-state index contributed by atoms with van der Waals surface area (Å²) < 4.78 is 11.3. The molecule has 0 aromatic carbocycles. The maximum atomic E-state index is 10.3. The van der Waals surface area contributed by atoms with Crippen molar-refractivity contribution < 1.29 is 13.9 Å². The van der Waals surface area contributed by atoms with Crippen molar-refractivity contribution in [1.82, 2.24) is 0 Å². The Kier molecular flexibility index (Phi) is 23.2. The van der Waals surface area contributed by atoms with E-state index in [2.05, 4.69) is 13.8 Å². The van der Waals surface area contributed by atoms with E-state index in [9.17, 15) is 4.89 Å². The maximum absolute atomic E-state index is 10.3. The van der Waals surface area contributed by atoms with E-state index in [0.29, 0.717) is 13.2 Å². The van der Waals surface area contributed by atoms with E-state index in [1.54, 1.807) is 6.66 Å². The minimum Gasteiger partial charge on any atom is -0.193 e. The summed E-state index contributed by atoms with van der Waals surface area (Å²) in [4.78, 5) is 10.3. The molecule has 0 saturated carbocycles. The first-order chi connectivity index (χ1) is 14.1.